The third-order valence-electron chi connectivity index (χ3n) is 9.85. The summed E-state index contributed by atoms with van der Waals surface area (Å²) in [6, 6.07) is 20.2. The van der Waals surface area contributed by atoms with Crippen molar-refractivity contribution in [1.29, 1.82) is 0 Å². The van der Waals surface area contributed by atoms with E-state index in [1.54, 1.807) is 13.2 Å². The molecule has 3 aliphatic rings. The largest absolute Gasteiger partial charge is 0.494 e. The summed E-state index contributed by atoms with van der Waals surface area (Å²) in [6.45, 7) is 1.74. The van der Waals surface area contributed by atoms with Crippen molar-refractivity contribution in [3.05, 3.63) is 71.8 Å². The van der Waals surface area contributed by atoms with Gasteiger partial charge in [-0.15, -0.1) is 0 Å². The first-order valence-electron chi connectivity index (χ1n) is 15.3. The molecule has 8 heteroatoms. The molecule has 218 valence electrons. The number of nitrogens with two attached hydrogens (primary N) is 1. The highest BCUT2D eigenvalue weighted by Gasteiger charge is 2.40. The van der Waals surface area contributed by atoms with Crippen molar-refractivity contribution in [2.75, 3.05) is 13.7 Å². The van der Waals surface area contributed by atoms with E-state index in [1.807, 2.05) is 37.4 Å². The Morgan fingerprint density at radius 2 is 1.86 bits per heavy atom. The highest BCUT2D eigenvalue weighted by molar-refractivity contribution is 6.02. The summed E-state index contributed by atoms with van der Waals surface area (Å²) in [5.74, 6) is 2.38. The molecule has 2 unspecified atom stereocenters. The summed E-state index contributed by atoms with van der Waals surface area (Å²) in [5, 5.41) is 1.11. The van der Waals surface area contributed by atoms with Crippen LogP contribution in [0.4, 0.5) is 0 Å². The number of fused-ring (bicyclic) bond motifs is 4. The van der Waals surface area contributed by atoms with Crippen LogP contribution in [-0.4, -0.2) is 50.5 Å². The van der Waals surface area contributed by atoms with E-state index in [1.165, 1.54) is 19.3 Å². The molecule has 2 saturated carbocycles. The molecule has 1 saturated heterocycles. The van der Waals surface area contributed by atoms with Crippen molar-refractivity contribution >= 4 is 33.8 Å². The maximum absolute atomic E-state index is 13.6. The fraction of sp³-hybridized carbons (Fsp3) is 0.343. The molecule has 2 aliphatic carbocycles. The number of rotatable bonds is 7. The number of carbonyl (C=O) groups is 2. The van der Waals surface area contributed by atoms with E-state index in [0.29, 0.717) is 34.8 Å². The Bertz CT molecular complexity index is 1950. The molecule has 3 heterocycles. The van der Waals surface area contributed by atoms with Gasteiger partial charge < -0.3 is 24.5 Å². The predicted octanol–water partition coefficient (Wildman–Crippen LogP) is 6.00. The van der Waals surface area contributed by atoms with Crippen LogP contribution in [0.15, 0.2) is 60.7 Å². The Morgan fingerprint density at radius 1 is 1.02 bits per heavy atom. The van der Waals surface area contributed by atoms with Gasteiger partial charge in [0.05, 0.1) is 18.3 Å². The van der Waals surface area contributed by atoms with Gasteiger partial charge >= 0.3 is 0 Å². The quantitative estimate of drug-likeness (QED) is 0.258. The van der Waals surface area contributed by atoms with Crippen LogP contribution >= 0.6 is 0 Å². The summed E-state index contributed by atoms with van der Waals surface area (Å²) >= 11 is 0. The van der Waals surface area contributed by atoms with Crippen molar-refractivity contribution in [2.45, 2.75) is 44.7 Å². The van der Waals surface area contributed by atoms with E-state index >= 15 is 0 Å². The van der Waals surface area contributed by atoms with Gasteiger partial charge in [-0.3, -0.25) is 9.59 Å². The van der Waals surface area contributed by atoms with Gasteiger partial charge in [0.15, 0.2) is 5.82 Å². The van der Waals surface area contributed by atoms with Gasteiger partial charge in [-0.05, 0) is 85.4 Å². The molecule has 3 fully saturated rings. The van der Waals surface area contributed by atoms with Crippen molar-refractivity contribution in [3.63, 3.8) is 0 Å². The maximum atomic E-state index is 13.6. The molecule has 2 aromatic heterocycles. The van der Waals surface area contributed by atoms with E-state index in [0.717, 1.165) is 70.5 Å². The van der Waals surface area contributed by atoms with Crippen LogP contribution < -0.4 is 10.5 Å². The van der Waals surface area contributed by atoms with Crippen LogP contribution in [0.25, 0.3) is 44.6 Å². The number of benzene rings is 3. The monoisotopic (exact) mass is 573 g/mol. The average molecular weight is 574 g/mol. The number of ether oxygens (including phenoxy) is 1. The number of aromatic nitrogens is 3. The SMILES string of the molecule is COc1cc(C(=O)N2CC3CCC2C3)cc2nc(-c3cc4ccc(-c5ccccc5C(N)=O)cc4n3CC3CC3)n(C)c12. The second-order valence-electron chi connectivity index (χ2n) is 12.6. The normalized spacial score (nSPS) is 19.5. The number of primary amides is 1. The Morgan fingerprint density at radius 3 is 2.58 bits per heavy atom. The smallest absolute Gasteiger partial charge is 0.254 e. The van der Waals surface area contributed by atoms with Crippen LogP contribution in [0.1, 0.15) is 52.8 Å². The fourth-order valence-corrected chi connectivity index (χ4v) is 7.47. The molecule has 5 aromatic rings. The van der Waals surface area contributed by atoms with Crippen LogP contribution in [0.2, 0.25) is 0 Å². The highest BCUT2D eigenvalue weighted by Crippen LogP contribution is 2.41. The zero-order valence-electron chi connectivity index (χ0n) is 24.5. The zero-order chi connectivity index (χ0) is 29.4. The molecule has 43 heavy (non-hydrogen) atoms. The lowest BCUT2D eigenvalue weighted by molar-refractivity contribution is 0.0703. The zero-order valence-corrected chi connectivity index (χ0v) is 24.5. The summed E-state index contributed by atoms with van der Waals surface area (Å²) in [7, 11) is 3.67. The number of piperidine rings is 1. The number of aryl methyl sites for hydroxylation is 1. The van der Waals surface area contributed by atoms with E-state index in [4.69, 9.17) is 15.5 Å². The standard InChI is InChI=1S/C35H35N5O3/c1-38-32-28(14-24(17-31(32)43-2)35(42)39-19-21-9-12-25(39)13-21)37-34(38)30-16-23-11-10-22(15-29(23)40(30)18-20-7-8-20)26-5-3-4-6-27(26)33(36)41/h3-6,10-11,14-17,20-21,25H,7-9,12-13,18-19H2,1-2H3,(H2,36,41). The van der Waals surface area contributed by atoms with Gasteiger partial charge in [0, 0.05) is 48.2 Å². The second kappa shape index (κ2) is 9.73. The van der Waals surface area contributed by atoms with Crippen molar-refractivity contribution < 1.29 is 14.3 Å². The molecular weight excluding hydrogens is 538 g/mol. The Balaban J connectivity index is 1.26. The summed E-state index contributed by atoms with van der Waals surface area (Å²) in [5.41, 5.74) is 12.4. The van der Waals surface area contributed by atoms with Crippen molar-refractivity contribution in [1.82, 2.24) is 19.0 Å². The minimum absolute atomic E-state index is 0.0752. The van der Waals surface area contributed by atoms with E-state index in [9.17, 15) is 9.59 Å². The number of likely N-dealkylation sites (tertiary alicyclic amines) is 1. The van der Waals surface area contributed by atoms with Gasteiger partial charge in [0.2, 0.25) is 5.91 Å². The van der Waals surface area contributed by atoms with Gasteiger partial charge in [-0.2, -0.15) is 0 Å². The molecule has 2 bridgehead atoms. The molecule has 2 N–H and O–H groups in total. The molecule has 1 aliphatic heterocycles. The number of carbonyl (C=O) groups excluding carboxylic acids is 2. The second-order valence-corrected chi connectivity index (χ2v) is 12.6. The van der Waals surface area contributed by atoms with Crippen LogP contribution in [0.3, 0.4) is 0 Å². The molecule has 3 aromatic carbocycles. The number of amides is 2. The third kappa shape index (κ3) is 4.22. The lowest BCUT2D eigenvalue weighted by Crippen LogP contribution is -2.37. The first-order valence-corrected chi connectivity index (χ1v) is 15.3. The molecule has 0 spiro atoms. The van der Waals surface area contributed by atoms with E-state index in [2.05, 4.69) is 38.3 Å². The van der Waals surface area contributed by atoms with Gasteiger partial charge in [-0.1, -0.05) is 30.3 Å². The Hall–Kier alpha value is -4.59. The average Bonchev–Trinajstić information content (AvgIpc) is 3.31. The van der Waals surface area contributed by atoms with E-state index < -0.39 is 5.91 Å². The summed E-state index contributed by atoms with van der Waals surface area (Å²) in [6.07, 6.45) is 5.88. The van der Waals surface area contributed by atoms with Crippen molar-refractivity contribution in [3.8, 4) is 28.4 Å². The summed E-state index contributed by atoms with van der Waals surface area (Å²) in [4.78, 5) is 33.0. The molecule has 8 nitrogen and oxygen atoms in total. The van der Waals surface area contributed by atoms with Crippen LogP contribution in [0, 0.1) is 11.8 Å². The van der Waals surface area contributed by atoms with Crippen molar-refractivity contribution in [2.24, 2.45) is 24.6 Å². The topological polar surface area (TPSA) is 95.4 Å². The predicted molar refractivity (Wildman–Crippen MR) is 167 cm³/mol. The number of methoxy groups -OCH3 is 1. The first kappa shape index (κ1) is 26.1. The highest BCUT2D eigenvalue weighted by atomic mass is 16.5. The molecule has 0 radical (unpaired) electrons. The van der Waals surface area contributed by atoms with Gasteiger partial charge in [0.25, 0.3) is 5.91 Å². The van der Waals surface area contributed by atoms with Gasteiger partial charge in [0.1, 0.15) is 11.3 Å². The number of hydrogen-bond acceptors (Lipinski definition) is 4. The number of nitrogens with zero attached hydrogens (tertiary/aromatic N) is 4. The van der Waals surface area contributed by atoms with Gasteiger partial charge in [-0.25, -0.2) is 4.98 Å². The lowest BCUT2D eigenvalue weighted by atomic mass is 9.98. The summed E-state index contributed by atoms with van der Waals surface area (Å²) < 4.78 is 10.3. The number of hydrogen-bond donors (Lipinski definition) is 1. The fourth-order valence-electron chi connectivity index (χ4n) is 7.47. The maximum Gasteiger partial charge on any atom is 0.254 e. The molecule has 2 atom stereocenters. The molecule has 2 amide bonds. The molecular formula is C35H35N5O3. The Labute approximate surface area is 250 Å². The van der Waals surface area contributed by atoms with E-state index in [-0.39, 0.29) is 5.91 Å². The van der Waals surface area contributed by atoms with Crippen LogP contribution in [0.5, 0.6) is 5.75 Å². The third-order valence-corrected chi connectivity index (χ3v) is 9.85. The minimum Gasteiger partial charge on any atom is -0.494 e. The minimum atomic E-state index is -0.437. The lowest BCUT2D eigenvalue weighted by Gasteiger charge is -2.27. The van der Waals surface area contributed by atoms with Crippen LogP contribution in [-0.2, 0) is 13.6 Å². The Kier molecular flexibility index (Phi) is 5.90. The first-order chi connectivity index (χ1) is 20.9. The molecule has 8 rings (SSSR count). The number of imidazole rings is 1.